The quantitative estimate of drug-likeness (QED) is 0.305. The average Bonchev–Trinajstić information content (AvgIpc) is 3.50. The lowest BCUT2D eigenvalue weighted by molar-refractivity contribution is -0.219. The molecule has 1 unspecified atom stereocenters. The molecule has 3 aromatic rings. The van der Waals surface area contributed by atoms with E-state index in [1.54, 1.807) is 31.8 Å². The van der Waals surface area contributed by atoms with E-state index in [0.29, 0.717) is 0 Å². The van der Waals surface area contributed by atoms with Crippen LogP contribution >= 0.6 is 11.9 Å². The molecule has 0 bridgehead atoms. The van der Waals surface area contributed by atoms with Gasteiger partial charge in [-0.3, -0.25) is 14.2 Å². The van der Waals surface area contributed by atoms with Gasteiger partial charge in [0.25, 0.3) is 5.91 Å². The minimum absolute atomic E-state index is 0.0387. The molecule has 1 amide bonds. The molecule has 1 saturated heterocycles. The van der Waals surface area contributed by atoms with Crippen LogP contribution in [0.15, 0.2) is 35.5 Å². The highest BCUT2D eigenvalue weighted by Crippen LogP contribution is 2.38. The van der Waals surface area contributed by atoms with Gasteiger partial charge in [0.1, 0.15) is 12.2 Å². The highest BCUT2D eigenvalue weighted by Gasteiger charge is 2.55. The fourth-order valence-electron chi connectivity index (χ4n) is 3.51. The van der Waals surface area contributed by atoms with Gasteiger partial charge in [-0.1, -0.05) is 0 Å². The highest BCUT2D eigenvalue weighted by molar-refractivity contribution is 7.98. The van der Waals surface area contributed by atoms with Crippen LogP contribution in [0.5, 0.6) is 5.88 Å². The number of rotatable bonds is 8. The molecule has 0 saturated carbocycles. The fraction of sp³-hybridized carbons (Fsp3) is 0.500. The first kappa shape index (κ1) is 29.9. The Balaban J connectivity index is 1.62. The Kier molecular flexibility index (Phi) is 7.77. The third kappa shape index (κ3) is 5.99. The molecule has 2 N–H and O–H groups in total. The lowest BCUT2D eigenvalue weighted by Gasteiger charge is -2.30. The van der Waals surface area contributed by atoms with Crippen molar-refractivity contribution in [2.45, 2.75) is 64.0 Å². The van der Waals surface area contributed by atoms with E-state index in [-0.39, 0.29) is 22.9 Å². The Morgan fingerprint density at radius 2 is 1.90 bits per heavy atom. The van der Waals surface area contributed by atoms with Gasteiger partial charge in [0.15, 0.2) is 11.6 Å². The molecule has 0 radical (unpaired) electrons. The molecule has 0 aromatic carbocycles. The molecule has 0 spiro atoms. The molecule has 40 heavy (non-hydrogen) atoms. The molecule has 0 aliphatic carbocycles. The molecule has 216 valence electrons. The van der Waals surface area contributed by atoms with Crippen LogP contribution in [0.4, 0.5) is 13.2 Å². The molecular formula is C24H30BF3N6O5S. The molecule has 16 heteroatoms. The molecule has 3 aromatic heterocycles. The zero-order valence-corrected chi connectivity index (χ0v) is 23.8. The number of aliphatic hydroxyl groups is 1. The van der Waals surface area contributed by atoms with Crippen molar-refractivity contribution in [2.75, 3.05) is 6.61 Å². The predicted octanol–water partition coefficient (Wildman–Crippen LogP) is 2.94. The van der Waals surface area contributed by atoms with Crippen molar-refractivity contribution in [3.8, 4) is 11.7 Å². The fourth-order valence-corrected chi connectivity index (χ4v) is 4.22. The second-order valence-electron chi connectivity index (χ2n) is 10.7. The summed E-state index contributed by atoms with van der Waals surface area (Å²) in [5, 5.41) is 19.2. The summed E-state index contributed by atoms with van der Waals surface area (Å²) < 4.78 is 62.2. The number of ether oxygens (including phenoxy) is 1. The summed E-state index contributed by atoms with van der Waals surface area (Å²) in [4.78, 5) is 18.5. The summed E-state index contributed by atoms with van der Waals surface area (Å²) in [6.45, 7) is 7.96. The van der Waals surface area contributed by atoms with Gasteiger partial charge in [-0.05, 0) is 65.6 Å². The smallest absolute Gasteiger partial charge is 0.476 e. The lowest BCUT2D eigenvalue weighted by atomic mass is 9.80. The number of hydrogen-bond acceptors (Lipinski definition) is 9. The van der Waals surface area contributed by atoms with E-state index in [4.69, 9.17) is 14.0 Å². The maximum absolute atomic E-state index is 13.2. The van der Waals surface area contributed by atoms with Crippen LogP contribution in [0.2, 0.25) is 0 Å². The summed E-state index contributed by atoms with van der Waals surface area (Å²) in [7, 11) is 0.556. The van der Waals surface area contributed by atoms with Crippen LogP contribution in [0.1, 0.15) is 50.7 Å². The van der Waals surface area contributed by atoms with Crippen molar-refractivity contribution in [3.63, 3.8) is 0 Å². The van der Waals surface area contributed by atoms with Gasteiger partial charge in [-0.2, -0.15) is 18.3 Å². The molecule has 4 heterocycles. The summed E-state index contributed by atoms with van der Waals surface area (Å²) in [5.41, 5.74) is -2.29. The number of carbonyl (C=O) groups is 1. The van der Waals surface area contributed by atoms with Crippen molar-refractivity contribution < 1.29 is 37.1 Å². The lowest BCUT2D eigenvalue weighted by Crippen LogP contribution is -2.44. The molecule has 1 aliphatic rings. The van der Waals surface area contributed by atoms with Gasteiger partial charge < -0.3 is 19.2 Å². The second kappa shape index (κ2) is 10.4. The Morgan fingerprint density at radius 3 is 2.48 bits per heavy atom. The number of nitrogens with one attached hydrogen (secondary N) is 1. The van der Waals surface area contributed by atoms with Gasteiger partial charge in [0, 0.05) is 25.5 Å². The summed E-state index contributed by atoms with van der Waals surface area (Å²) in [6.07, 6.45) is -1.23. The Bertz CT molecular complexity index is 1390. The van der Waals surface area contributed by atoms with E-state index in [0.717, 1.165) is 36.4 Å². The number of hydrogen-bond donors (Lipinski definition) is 2. The number of carbonyl (C=O) groups excluding carboxylic acids is 1. The minimum atomic E-state index is -4.45. The van der Waals surface area contributed by atoms with Gasteiger partial charge in [0.2, 0.25) is 5.88 Å². The van der Waals surface area contributed by atoms with Gasteiger partial charge in [-0.15, -0.1) is 5.10 Å². The first-order chi connectivity index (χ1) is 18.4. The summed E-state index contributed by atoms with van der Waals surface area (Å²) in [5.74, 6) is -2.02. The molecule has 1 atom stereocenters. The van der Waals surface area contributed by atoms with E-state index in [9.17, 15) is 23.1 Å². The largest absolute Gasteiger partial charge is 0.517 e. The maximum Gasteiger partial charge on any atom is 0.517 e. The Labute approximate surface area is 233 Å². The summed E-state index contributed by atoms with van der Waals surface area (Å²) in [6, 6.07) is 4.40. The number of pyridine rings is 1. The number of amides is 1. The van der Waals surface area contributed by atoms with Crippen LogP contribution in [0.25, 0.3) is 5.82 Å². The van der Waals surface area contributed by atoms with E-state index >= 15 is 0 Å². The van der Waals surface area contributed by atoms with Crippen molar-refractivity contribution in [1.29, 1.82) is 0 Å². The third-order valence-electron chi connectivity index (χ3n) is 6.60. The second-order valence-corrected chi connectivity index (χ2v) is 11.6. The van der Waals surface area contributed by atoms with Gasteiger partial charge >= 0.3 is 13.3 Å². The van der Waals surface area contributed by atoms with Gasteiger partial charge in [-0.25, -0.2) is 9.67 Å². The molecule has 1 fully saturated rings. The highest BCUT2D eigenvalue weighted by atomic mass is 32.2. The van der Waals surface area contributed by atoms with E-state index in [1.165, 1.54) is 36.0 Å². The third-order valence-corrected chi connectivity index (χ3v) is 7.51. The van der Waals surface area contributed by atoms with Crippen molar-refractivity contribution in [1.82, 2.24) is 29.3 Å². The van der Waals surface area contributed by atoms with E-state index in [2.05, 4.69) is 19.9 Å². The van der Waals surface area contributed by atoms with Crippen molar-refractivity contribution in [2.24, 2.45) is 12.5 Å². The SMILES string of the molecule is Cc1nn(C)cc1SNC(=O)c1ccc(-n2ccc(OCC(C)(C)C(F)(F)F)n2)nc1B1OC(C)(C)C(C)(O)O1. The monoisotopic (exact) mass is 582 g/mol. The summed E-state index contributed by atoms with van der Waals surface area (Å²) >= 11 is 1.08. The van der Waals surface area contributed by atoms with Crippen LogP contribution in [-0.4, -0.2) is 66.8 Å². The van der Waals surface area contributed by atoms with Crippen LogP contribution in [-0.2, 0) is 16.4 Å². The maximum atomic E-state index is 13.2. The molecule has 11 nitrogen and oxygen atoms in total. The minimum Gasteiger partial charge on any atom is -0.476 e. The van der Waals surface area contributed by atoms with Crippen LogP contribution in [0, 0.1) is 12.3 Å². The Morgan fingerprint density at radius 1 is 1.20 bits per heavy atom. The zero-order chi connectivity index (χ0) is 29.7. The number of aromatic nitrogens is 5. The Hall–Kier alpha value is -3.08. The first-order valence-corrected chi connectivity index (χ1v) is 13.0. The predicted molar refractivity (Wildman–Crippen MR) is 140 cm³/mol. The topological polar surface area (TPSA) is 126 Å². The number of aryl methyl sites for hydroxylation is 2. The molecule has 4 rings (SSSR count). The number of halogens is 3. The van der Waals surface area contributed by atoms with E-state index in [1.807, 2.05) is 6.92 Å². The standard InChI is InChI=1S/C24H30BF3N6O5S/c1-14-16(12-33(7)30-14)40-32-20(35)15-8-9-17(29-19(15)25-38-22(4,5)23(6,36)39-25)34-11-10-18(31-34)37-13-21(2,3)24(26,27)28/h8-12,36H,13H2,1-7H3,(H,32,35). The number of nitrogens with zero attached hydrogens (tertiary/aromatic N) is 5. The zero-order valence-electron chi connectivity index (χ0n) is 23.0. The average molecular weight is 582 g/mol. The van der Waals surface area contributed by atoms with Crippen LogP contribution < -0.4 is 15.1 Å². The van der Waals surface area contributed by atoms with Crippen molar-refractivity contribution in [3.05, 3.63) is 41.9 Å². The van der Waals surface area contributed by atoms with E-state index < -0.39 is 42.6 Å². The normalized spacial score (nSPS) is 19.2. The first-order valence-electron chi connectivity index (χ1n) is 12.2. The van der Waals surface area contributed by atoms with Gasteiger partial charge in [0.05, 0.1) is 27.2 Å². The molecular weight excluding hydrogens is 552 g/mol. The van der Waals surface area contributed by atoms with Crippen molar-refractivity contribution >= 4 is 30.6 Å². The number of alkyl halides is 3. The van der Waals surface area contributed by atoms with Crippen LogP contribution in [0.3, 0.4) is 0 Å². The molecule has 1 aliphatic heterocycles.